The van der Waals surface area contributed by atoms with Crippen LogP contribution >= 0.6 is 23.4 Å². The molecule has 4 rings (SSSR count). The van der Waals surface area contributed by atoms with Crippen LogP contribution in [0.1, 0.15) is 21.7 Å². The molecule has 2 heterocycles. The van der Waals surface area contributed by atoms with Gasteiger partial charge >= 0.3 is 5.97 Å². The number of hydrogen-bond acceptors (Lipinski definition) is 5. The third-order valence-electron chi connectivity index (χ3n) is 4.52. The van der Waals surface area contributed by atoms with Crippen molar-refractivity contribution in [3.63, 3.8) is 0 Å². The van der Waals surface area contributed by atoms with E-state index in [0.717, 1.165) is 27.8 Å². The van der Waals surface area contributed by atoms with Gasteiger partial charge in [-0.05, 0) is 72.8 Å². The molecule has 0 atom stereocenters. The van der Waals surface area contributed by atoms with Gasteiger partial charge in [0, 0.05) is 16.7 Å². The molecule has 0 radical (unpaired) electrons. The lowest BCUT2D eigenvalue weighted by molar-refractivity contribution is -0.113. The zero-order valence-electron chi connectivity index (χ0n) is 15.6. The number of hydrogen-bond donors (Lipinski definition) is 1. The first-order chi connectivity index (χ1) is 14.3. The average molecular weight is 440 g/mol. The van der Waals surface area contributed by atoms with Gasteiger partial charge in [0.1, 0.15) is 11.5 Å². The van der Waals surface area contributed by atoms with E-state index in [1.807, 2.05) is 0 Å². The molecule has 0 saturated carbocycles. The van der Waals surface area contributed by atoms with Crippen LogP contribution in [0.2, 0.25) is 5.02 Å². The second-order valence-electron chi connectivity index (χ2n) is 6.53. The van der Waals surface area contributed by atoms with Gasteiger partial charge in [-0.1, -0.05) is 17.7 Å². The predicted octanol–water partition coefficient (Wildman–Crippen LogP) is 5.85. The van der Waals surface area contributed by atoms with Crippen molar-refractivity contribution in [3.05, 3.63) is 81.4 Å². The van der Waals surface area contributed by atoms with Gasteiger partial charge in [0.2, 0.25) is 0 Å². The number of carbonyl (C=O) groups is 3. The molecule has 0 spiro atoms. The summed E-state index contributed by atoms with van der Waals surface area (Å²) >= 11 is 6.70. The molecule has 1 fully saturated rings. The maximum absolute atomic E-state index is 12.7. The number of furan rings is 1. The molecule has 3 aromatic rings. The number of rotatable bonds is 4. The largest absolute Gasteiger partial charge is 0.478 e. The van der Waals surface area contributed by atoms with E-state index in [4.69, 9.17) is 21.1 Å². The monoisotopic (exact) mass is 439 g/mol. The number of carboxylic acid groups (broad SMARTS) is 1. The van der Waals surface area contributed by atoms with Crippen molar-refractivity contribution >= 4 is 52.2 Å². The third kappa shape index (κ3) is 3.77. The zero-order chi connectivity index (χ0) is 21.4. The van der Waals surface area contributed by atoms with Crippen LogP contribution in [0.4, 0.5) is 10.5 Å². The van der Waals surface area contributed by atoms with Crippen molar-refractivity contribution in [2.75, 3.05) is 4.90 Å². The second-order valence-corrected chi connectivity index (χ2v) is 7.96. The lowest BCUT2D eigenvalue weighted by atomic mass is 10.0. The Bertz CT molecular complexity index is 1210. The molecule has 30 heavy (non-hydrogen) atoms. The molecule has 1 aliphatic rings. The highest BCUT2D eigenvalue weighted by molar-refractivity contribution is 8.19. The van der Waals surface area contributed by atoms with Crippen molar-refractivity contribution in [1.82, 2.24) is 0 Å². The van der Waals surface area contributed by atoms with Gasteiger partial charge < -0.3 is 9.52 Å². The molecule has 0 unspecified atom stereocenters. The first-order valence-electron chi connectivity index (χ1n) is 8.81. The van der Waals surface area contributed by atoms with E-state index >= 15 is 0 Å². The van der Waals surface area contributed by atoms with Gasteiger partial charge in [-0.15, -0.1) is 0 Å². The fourth-order valence-corrected chi connectivity index (χ4v) is 4.01. The third-order valence-corrected chi connectivity index (χ3v) is 5.64. The number of carbonyl (C=O) groups excluding carboxylic acids is 2. The van der Waals surface area contributed by atoms with E-state index in [2.05, 4.69) is 0 Å². The lowest BCUT2D eigenvalue weighted by Gasteiger charge is -2.11. The number of benzene rings is 2. The Hall–Kier alpha value is -3.29. The topological polar surface area (TPSA) is 87.8 Å². The Kier molecular flexibility index (Phi) is 5.24. The van der Waals surface area contributed by atoms with Crippen LogP contribution in [0.3, 0.4) is 0 Å². The summed E-state index contributed by atoms with van der Waals surface area (Å²) in [6, 6.07) is 14.6. The number of aromatic carboxylic acids is 1. The van der Waals surface area contributed by atoms with Crippen LogP contribution in [-0.4, -0.2) is 22.2 Å². The quantitative estimate of drug-likeness (QED) is 0.513. The van der Waals surface area contributed by atoms with E-state index in [1.165, 1.54) is 12.1 Å². The fraction of sp³-hybridized carbons (Fsp3) is 0.0455. The van der Waals surface area contributed by atoms with E-state index < -0.39 is 17.1 Å². The molecule has 0 aliphatic carbocycles. The maximum atomic E-state index is 12.7. The van der Waals surface area contributed by atoms with Crippen LogP contribution in [0.5, 0.6) is 0 Å². The molecule has 8 heteroatoms. The minimum Gasteiger partial charge on any atom is -0.478 e. The predicted molar refractivity (Wildman–Crippen MR) is 116 cm³/mol. The number of halogens is 1. The summed E-state index contributed by atoms with van der Waals surface area (Å²) in [6.07, 6.45) is 1.52. The molecule has 2 aromatic carbocycles. The average Bonchev–Trinajstić information content (AvgIpc) is 3.27. The van der Waals surface area contributed by atoms with Gasteiger partial charge in [0.15, 0.2) is 0 Å². The van der Waals surface area contributed by atoms with Crippen molar-refractivity contribution in [3.8, 4) is 11.3 Å². The summed E-state index contributed by atoms with van der Waals surface area (Å²) in [7, 11) is 0. The van der Waals surface area contributed by atoms with E-state index in [1.54, 1.807) is 55.5 Å². The summed E-state index contributed by atoms with van der Waals surface area (Å²) in [5.41, 5.74) is 2.13. The minimum atomic E-state index is -0.999. The van der Waals surface area contributed by atoms with E-state index in [0.29, 0.717) is 22.2 Å². The van der Waals surface area contributed by atoms with Crippen molar-refractivity contribution < 1.29 is 23.9 Å². The number of nitrogens with zero attached hydrogens (tertiary/aromatic N) is 1. The minimum absolute atomic E-state index is 0.193. The van der Waals surface area contributed by atoms with Gasteiger partial charge in [-0.3, -0.25) is 9.59 Å². The molecule has 150 valence electrons. The smallest absolute Gasteiger partial charge is 0.335 e. The molecule has 1 N–H and O–H groups in total. The number of anilines is 1. The lowest BCUT2D eigenvalue weighted by Crippen LogP contribution is -2.27. The Morgan fingerprint density at radius 1 is 1.10 bits per heavy atom. The molecule has 1 aliphatic heterocycles. The van der Waals surface area contributed by atoms with Crippen molar-refractivity contribution in [2.24, 2.45) is 0 Å². The van der Waals surface area contributed by atoms with Gasteiger partial charge in [-0.25, -0.2) is 9.69 Å². The van der Waals surface area contributed by atoms with E-state index in [9.17, 15) is 14.4 Å². The summed E-state index contributed by atoms with van der Waals surface area (Å²) in [5, 5.41) is 9.20. The molecule has 1 aromatic heterocycles. The van der Waals surface area contributed by atoms with Crippen LogP contribution in [0.15, 0.2) is 63.9 Å². The van der Waals surface area contributed by atoms with Gasteiger partial charge in [0.05, 0.1) is 16.2 Å². The molecule has 0 bridgehead atoms. The summed E-state index contributed by atoms with van der Waals surface area (Å²) in [5.74, 6) is -0.491. The molecule has 1 saturated heterocycles. The second kappa shape index (κ2) is 7.85. The van der Waals surface area contributed by atoms with Crippen LogP contribution < -0.4 is 4.90 Å². The summed E-state index contributed by atoms with van der Waals surface area (Å²) < 4.78 is 5.82. The Morgan fingerprint density at radius 2 is 1.83 bits per heavy atom. The number of imide groups is 1. The Balaban J connectivity index is 1.60. The first-order valence-corrected chi connectivity index (χ1v) is 10.0. The van der Waals surface area contributed by atoms with Crippen molar-refractivity contribution in [1.29, 1.82) is 0 Å². The zero-order valence-corrected chi connectivity index (χ0v) is 17.2. The molecular weight excluding hydrogens is 426 g/mol. The van der Waals surface area contributed by atoms with Gasteiger partial charge in [-0.2, -0.15) is 0 Å². The van der Waals surface area contributed by atoms with E-state index in [-0.39, 0.29) is 10.5 Å². The highest BCUT2D eigenvalue weighted by Crippen LogP contribution is 2.37. The Morgan fingerprint density at radius 3 is 2.50 bits per heavy atom. The van der Waals surface area contributed by atoms with Gasteiger partial charge in [0.25, 0.3) is 11.1 Å². The first kappa shape index (κ1) is 20.0. The number of carboxylic acids is 1. The summed E-state index contributed by atoms with van der Waals surface area (Å²) in [4.78, 5) is 37.5. The number of amides is 2. The van der Waals surface area contributed by atoms with Crippen LogP contribution in [0, 0.1) is 6.92 Å². The molecular formula is C22H14ClNO5S. The normalized spacial score (nSPS) is 15.3. The van der Waals surface area contributed by atoms with Crippen LogP contribution in [-0.2, 0) is 4.79 Å². The standard InChI is InChI=1S/C22H14ClNO5S/c1-12-10-13(21(26)27)2-8-17(12)18-9-7-16(29-18)11-19-20(25)24(22(28)30-19)15-5-3-14(23)4-6-15/h2-11H,1H3,(H,26,27)/b19-11+. The Labute approximate surface area is 180 Å². The maximum Gasteiger partial charge on any atom is 0.335 e. The molecule has 6 nitrogen and oxygen atoms in total. The van der Waals surface area contributed by atoms with Crippen LogP contribution in [0.25, 0.3) is 17.4 Å². The highest BCUT2D eigenvalue weighted by Gasteiger charge is 2.36. The summed E-state index contributed by atoms with van der Waals surface area (Å²) in [6.45, 7) is 1.79. The number of aryl methyl sites for hydroxylation is 1. The fourth-order valence-electron chi connectivity index (χ4n) is 3.06. The molecule has 2 amide bonds. The SMILES string of the molecule is Cc1cc(C(=O)O)ccc1-c1ccc(/C=C2/SC(=O)N(c3ccc(Cl)cc3)C2=O)o1. The van der Waals surface area contributed by atoms with Crippen molar-refractivity contribution in [2.45, 2.75) is 6.92 Å². The number of thioether (sulfide) groups is 1. The highest BCUT2D eigenvalue weighted by atomic mass is 35.5.